The van der Waals surface area contributed by atoms with Gasteiger partial charge in [0, 0.05) is 29.6 Å². The molecule has 17 heavy (non-hydrogen) atoms. The molecule has 0 aromatic carbocycles. The number of pyridine rings is 1. The van der Waals surface area contributed by atoms with Crippen molar-refractivity contribution in [2.45, 2.75) is 26.2 Å². The molecule has 0 spiro atoms. The van der Waals surface area contributed by atoms with Gasteiger partial charge in [-0.05, 0) is 38.2 Å². The first-order valence-electron chi connectivity index (χ1n) is 6.31. The Morgan fingerprint density at radius 3 is 2.94 bits per heavy atom. The van der Waals surface area contributed by atoms with Gasteiger partial charge in [-0.3, -0.25) is 0 Å². The van der Waals surface area contributed by atoms with Gasteiger partial charge in [0.1, 0.15) is 11.4 Å². The Hall–Kier alpha value is -1.51. The highest BCUT2D eigenvalue weighted by atomic mass is 16.5. The van der Waals surface area contributed by atoms with E-state index in [1.54, 1.807) is 0 Å². The van der Waals surface area contributed by atoms with Crippen molar-refractivity contribution in [2.24, 2.45) is 11.3 Å². The number of aromatic nitrogens is 2. The molecule has 0 atom stereocenters. The molecule has 3 fully saturated rings. The van der Waals surface area contributed by atoms with E-state index in [0.29, 0.717) is 5.41 Å². The van der Waals surface area contributed by atoms with Crippen LogP contribution in [0.25, 0.3) is 5.65 Å². The molecule has 3 heteroatoms. The second kappa shape index (κ2) is 3.03. The van der Waals surface area contributed by atoms with Gasteiger partial charge in [-0.1, -0.05) is 0 Å². The van der Waals surface area contributed by atoms with Crippen molar-refractivity contribution >= 4 is 5.65 Å². The topological polar surface area (TPSA) is 26.5 Å². The molecule has 2 bridgehead atoms. The number of hydrogen-bond acceptors (Lipinski definition) is 2. The van der Waals surface area contributed by atoms with Crippen molar-refractivity contribution in [1.29, 1.82) is 0 Å². The van der Waals surface area contributed by atoms with Crippen LogP contribution in [-0.4, -0.2) is 16.0 Å². The van der Waals surface area contributed by atoms with Gasteiger partial charge in [-0.25, -0.2) is 4.98 Å². The predicted molar refractivity (Wildman–Crippen MR) is 65.2 cm³/mol. The molecule has 0 radical (unpaired) electrons. The van der Waals surface area contributed by atoms with E-state index in [4.69, 9.17) is 4.74 Å². The molecule has 3 saturated carbocycles. The van der Waals surface area contributed by atoms with Crippen LogP contribution < -0.4 is 4.74 Å². The molecule has 3 aliphatic rings. The highest BCUT2D eigenvalue weighted by Crippen LogP contribution is 2.64. The SMILES string of the molecule is Cc1cc(OCC23CC(C2)C3)cc2nccn12. The maximum absolute atomic E-state index is 5.96. The number of hydrogen-bond donors (Lipinski definition) is 0. The summed E-state index contributed by atoms with van der Waals surface area (Å²) in [5.41, 5.74) is 2.69. The molecule has 0 N–H and O–H groups in total. The molecule has 0 aliphatic heterocycles. The van der Waals surface area contributed by atoms with Crippen LogP contribution in [0.5, 0.6) is 5.75 Å². The molecule has 3 nitrogen and oxygen atoms in total. The smallest absolute Gasteiger partial charge is 0.140 e. The molecular weight excluding hydrogens is 212 g/mol. The summed E-state index contributed by atoms with van der Waals surface area (Å²) in [4.78, 5) is 4.31. The molecule has 5 rings (SSSR count). The lowest BCUT2D eigenvalue weighted by atomic mass is 9.45. The molecule has 2 heterocycles. The minimum Gasteiger partial charge on any atom is -0.493 e. The first kappa shape index (κ1) is 9.51. The van der Waals surface area contributed by atoms with E-state index in [9.17, 15) is 0 Å². The molecular formula is C14H16N2O. The van der Waals surface area contributed by atoms with Crippen molar-refractivity contribution < 1.29 is 4.74 Å². The minimum absolute atomic E-state index is 0.542. The molecule has 2 aromatic rings. The number of ether oxygens (including phenoxy) is 1. The molecule has 0 amide bonds. The Labute approximate surface area is 100 Å². The number of imidazole rings is 1. The average Bonchev–Trinajstić information content (AvgIpc) is 2.61. The van der Waals surface area contributed by atoms with E-state index < -0.39 is 0 Å². The van der Waals surface area contributed by atoms with Crippen LogP contribution in [-0.2, 0) is 0 Å². The lowest BCUT2D eigenvalue weighted by Crippen LogP contribution is -2.55. The van der Waals surface area contributed by atoms with Gasteiger partial charge in [0.2, 0.25) is 0 Å². The zero-order valence-electron chi connectivity index (χ0n) is 10.0. The Kier molecular flexibility index (Phi) is 1.70. The minimum atomic E-state index is 0.542. The third-order valence-corrected chi connectivity index (χ3v) is 4.38. The summed E-state index contributed by atoms with van der Waals surface area (Å²) in [6, 6.07) is 4.12. The van der Waals surface area contributed by atoms with E-state index in [1.165, 1.54) is 25.0 Å². The summed E-state index contributed by atoms with van der Waals surface area (Å²) in [5, 5.41) is 0. The lowest BCUT2D eigenvalue weighted by molar-refractivity contribution is -0.131. The molecule has 0 unspecified atom stereocenters. The van der Waals surface area contributed by atoms with Crippen LogP contribution in [0.2, 0.25) is 0 Å². The molecule has 2 aromatic heterocycles. The first-order chi connectivity index (χ1) is 8.24. The highest BCUT2D eigenvalue weighted by Gasteiger charge is 2.56. The van der Waals surface area contributed by atoms with E-state index in [1.807, 2.05) is 18.5 Å². The molecule has 0 saturated heterocycles. The maximum Gasteiger partial charge on any atom is 0.140 e. The second-order valence-electron chi connectivity index (χ2n) is 5.75. The van der Waals surface area contributed by atoms with Crippen LogP contribution in [0.3, 0.4) is 0 Å². The fourth-order valence-electron chi connectivity index (χ4n) is 3.32. The van der Waals surface area contributed by atoms with Gasteiger partial charge < -0.3 is 9.14 Å². The largest absolute Gasteiger partial charge is 0.493 e. The number of rotatable bonds is 3. The van der Waals surface area contributed by atoms with Crippen LogP contribution in [0.4, 0.5) is 0 Å². The maximum atomic E-state index is 5.96. The lowest BCUT2D eigenvalue weighted by Gasteiger charge is -2.61. The van der Waals surface area contributed by atoms with Crippen molar-refractivity contribution in [3.05, 3.63) is 30.2 Å². The van der Waals surface area contributed by atoms with Gasteiger partial charge in [-0.2, -0.15) is 0 Å². The van der Waals surface area contributed by atoms with E-state index >= 15 is 0 Å². The summed E-state index contributed by atoms with van der Waals surface area (Å²) < 4.78 is 8.03. The van der Waals surface area contributed by atoms with E-state index in [-0.39, 0.29) is 0 Å². The Morgan fingerprint density at radius 2 is 2.24 bits per heavy atom. The summed E-state index contributed by atoms with van der Waals surface area (Å²) in [6.45, 7) is 2.97. The quantitative estimate of drug-likeness (QED) is 0.807. The summed E-state index contributed by atoms with van der Waals surface area (Å²) >= 11 is 0. The Morgan fingerprint density at radius 1 is 1.41 bits per heavy atom. The van der Waals surface area contributed by atoms with Crippen molar-refractivity contribution in [1.82, 2.24) is 9.38 Å². The monoisotopic (exact) mass is 228 g/mol. The number of fused-ring (bicyclic) bond motifs is 1. The van der Waals surface area contributed by atoms with Gasteiger partial charge in [0.25, 0.3) is 0 Å². The fourth-order valence-corrected chi connectivity index (χ4v) is 3.32. The van der Waals surface area contributed by atoms with Crippen LogP contribution >= 0.6 is 0 Å². The van der Waals surface area contributed by atoms with Gasteiger partial charge >= 0.3 is 0 Å². The third kappa shape index (κ3) is 1.31. The van der Waals surface area contributed by atoms with E-state index in [2.05, 4.69) is 22.4 Å². The van der Waals surface area contributed by atoms with Crippen LogP contribution in [0.1, 0.15) is 25.0 Å². The molecule has 88 valence electrons. The summed E-state index contributed by atoms with van der Waals surface area (Å²) in [6.07, 6.45) is 7.97. The zero-order chi connectivity index (χ0) is 11.5. The molecule has 3 aliphatic carbocycles. The van der Waals surface area contributed by atoms with Crippen molar-refractivity contribution in [3.8, 4) is 5.75 Å². The van der Waals surface area contributed by atoms with E-state index in [0.717, 1.165) is 23.9 Å². The van der Waals surface area contributed by atoms with Gasteiger partial charge in [-0.15, -0.1) is 0 Å². The second-order valence-corrected chi connectivity index (χ2v) is 5.75. The van der Waals surface area contributed by atoms with Crippen LogP contribution in [0.15, 0.2) is 24.5 Å². The van der Waals surface area contributed by atoms with Crippen molar-refractivity contribution in [2.75, 3.05) is 6.61 Å². The number of aryl methyl sites for hydroxylation is 1. The zero-order valence-corrected chi connectivity index (χ0v) is 10.0. The Bertz CT molecular complexity index is 570. The fraction of sp³-hybridized carbons (Fsp3) is 0.500. The Balaban J connectivity index is 1.57. The predicted octanol–water partition coefficient (Wildman–Crippen LogP) is 2.82. The first-order valence-corrected chi connectivity index (χ1v) is 6.31. The summed E-state index contributed by atoms with van der Waals surface area (Å²) in [5.74, 6) is 1.99. The van der Waals surface area contributed by atoms with Crippen LogP contribution in [0, 0.1) is 18.3 Å². The van der Waals surface area contributed by atoms with Crippen molar-refractivity contribution in [3.63, 3.8) is 0 Å². The standard InChI is InChI=1S/C14H16N2O/c1-10-4-12(5-13-15-2-3-16(10)13)17-9-14-6-11(7-14)8-14/h2-5,11H,6-9H2,1H3. The van der Waals surface area contributed by atoms with Gasteiger partial charge in [0.05, 0.1) is 6.61 Å². The normalized spacial score (nSPS) is 29.8. The highest BCUT2D eigenvalue weighted by molar-refractivity contribution is 5.46. The van der Waals surface area contributed by atoms with Gasteiger partial charge in [0.15, 0.2) is 0 Å². The third-order valence-electron chi connectivity index (χ3n) is 4.38. The summed E-state index contributed by atoms with van der Waals surface area (Å²) in [7, 11) is 0. The average molecular weight is 228 g/mol. The number of nitrogens with zero attached hydrogens (tertiary/aromatic N) is 2.